The van der Waals surface area contributed by atoms with E-state index in [1.165, 1.54) is 13.3 Å². The highest BCUT2D eigenvalue weighted by molar-refractivity contribution is 6.37. The Morgan fingerprint density at radius 2 is 1.93 bits per heavy atom. The van der Waals surface area contributed by atoms with E-state index in [9.17, 15) is 9.59 Å². The Morgan fingerprint density at radius 1 is 1.24 bits per heavy atom. The van der Waals surface area contributed by atoms with Crippen LogP contribution in [0.15, 0.2) is 12.5 Å². The van der Waals surface area contributed by atoms with Gasteiger partial charge in [0.05, 0.1) is 24.0 Å². The summed E-state index contributed by atoms with van der Waals surface area (Å²) in [7, 11) is 1.30. The number of fused-ring (bicyclic) bond motifs is 1. The van der Waals surface area contributed by atoms with Crippen LogP contribution in [0.1, 0.15) is 50.4 Å². The van der Waals surface area contributed by atoms with Gasteiger partial charge in [0, 0.05) is 25.8 Å². The summed E-state index contributed by atoms with van der Waals surface area (Å²) in [5.74, 6) is -0.0216. The molecule has 1 saturated heterocycles. The van der Waals surface area contributed by atoms with Gasteiger partial charge in [-0.25, -0.2) is 19.6 Å². The summed E-state index contributed by atoms with van der Waals surface area (Å²) in [6, 6.07) is 0. The molecule has 1 aliphatic heterocycles. The fourth-order valence-electron chi connectivity index (χ4n) is 3.44. The fourth-order valence-corrected chi connectivity index (χ4v) is 3.70. The van der Waals surface area contributed by atoms with E-state index in [1.807, 2.05) is 25.3 Å². The highest BCUT2D eigenvalue weighted by Crippen LogP contribution is 2.27. The number of hydrogen-bond acceptors (Lipinski definition) is 6. The van der Waals surface area contributed by atoms with Crippen molar-refractivity contribution < 1.29 is 19.1 Å². The van der Waals surface area contributed by atoms with Gasteiger partial charge >= 0.3 is 12.1 Å². The van der Waals surface area contributed by atoms with Crippen molar-refractivity contribution in [2.45, 2.75) is 52.2 Å². The highest BCUT2D eigenvalue weighted by Gasteiger charge is 2.27. The quantitative estimate of drug-likeness (QED) is 0.694. The molecule has 158 valence electrons. The maximum atomic E-state index is 12.2. The molecule has 1 amide bonds. The van der Waals surface area contributed by atoms with E-state index in [-0.39, 0.29) is 16.7 Å². The summed E-state index contributed by atoms with van der Waals surface area (Å²) in [5.41, 5.74) is 0.878. The Labute approximate surface area is 175 Å². The number of imidazole rings is 1. The number of methoxy groups -OCH3 is 1. The van der Waals surface area contributed by atoms with Gasteiger partial charge in [-0.15, -0.1) is 0 Å². The van der Waals surface area contributed by atoms with Gasteiger partial charge in [0.2, 0.25) is 0 Å². The van der Waals surface area contributed by atoms with Gasteiger partial charge in [-0.05, 0) is 46.0 Å². The first kappa shape index (κ1) is 21.4. The third-order valence-electron chi connectivity index (χ3n) is 5.02. The molecule has 29 heavy (non-hydrogen) atoms. The molecule has 0 atom stereocenters. The normalized spacial score (nSPS) is 15.6. The zero-order valence-corrected chi connectivity index (χ0v) is 18.0. The highest BCUT2D eigenvalue weighted by atomic mass is 35.5. The number of amides is 1. The summed E-state index contributed by atoms with van der Waals surface area (Å²) in [6.07, 6.45) is 5.70. The van der Waals surface area contributed by atoms with Crippen LogP contribution in [0.2, 0.25) is 5.02 Å². The Kier molecular flexibility index (Phi) is 6.31. The maximum absolute atomic E-state index is 12.2. The van der Waals surface area contributed by atoms with Crippen molar-refractivity contribution in [3.05, 3.63) is 23.1 Å². The average molecular weight is 423 g/mol. The Hall–Kier alpha value is -2.35. The number of aryl methyl sites for hydroxylation is 1. The molecule has 0 radical (unpaired) electrons. The van der Waals surface area contributed by atoms with Crippen molar-refractivity contribution in [3.63, 3.8) is 0 Å². The number of piperidine rings is 1. The molecular weight excluding hydrogens is 396 g/mol. The van der Waals surface area contributed by atoms with Crippen LogP contribution in [0, 0.1) is 5.92 Å². The summed E-state index contributed by atoms with van der Waals surface area (Å²) in [4.78, 5) is 34.4. The number of hydrogen-bond donors (Lipinski definition) is 0. The predicted octanol–water partition coefficient (Wildman–Crippen LogP) is 3.91. The van der Waals surface area contributed by atoms with E-state index in [0.29, 0.717) is 30.2 Å². The summed E-state index contributed by atoms with van der Waals surface area (Å²) < 4.78 is 12.1. The number of likely N-dealkylation sites (tertiary alicyclic amines) is 1. The molecule has 0 unspecified atom stereocenters. The lowest BCUT2D eigenvalue weighted by Crippen LogP contribution is -2.41. The van der Waals surface area contributed by atoms with Crippen molar-refractivity contribution >= 4 is 34.8 Å². The largest absolute Gasteiger partial charge is 0.465 e. The number of rotatable bonds is 4. The second-order valence-corrected chi connectivity index (χ2v) is 8.67. The van der Waals surface area contributed by atoms with Crippen molar-refractivity contribution in [1.82, 2.24) is 19.4 Å². The number of nitrogens with zero attached hydrogens (tertiary/aromatic N) is 4. The maximum Gasteiger partial charge on any atom is 0.410 e. The molecule has 8 nitrogen and oxygen atoms in total. The number of carbonyl (C=O) groups is 2. The van der Waals surface area contributed by atoms with Crippen molar-refractivity contribution in [2.24, 2.45) is 5.92 Å². The third-order valence-corrected chi connectivity index (χ3v) is 5.40. The number of aromatic nitrogens is 3. The number of halogens is 1. The number of esters is 1. The van der Waals surface area contributed by atoms with Crippen molar-refractivity contribution in [1.29, 1.82) is 0 Å². The Balaban J connectivity index is 1.57. The molecule has 0 spiro atoms. The first-order valence-electron chi connectivity index (χ1n) is 9.75. The summed E-state index contributed by atoms with van der Waals surface area (Å²) in [5, 5.41) is 0.256. The molecule has 0 N–H and O–H groups in total. The first-order chi connectivity index (χ1) is 13.7. The van der Waals surface area contributed by atoms with Crippen LogP contribution >= 0.6 is 11.6 Å². The smallest absolute Gasteiger partial charge is 0.410 e. The fraction of sp³-hybridized carbons (Fsp3) is 0.600. The minimum atomic E-state index is -0.532. The van der Waals surface area contributed by atoms with E-state index in [2.05, 4.69) is 9.97 Å². The van der Waals surface area contributed by atoms with Crippen LogP contribution in [0.5, 0.6) is 0 Å². The summed E-state index contributed by atoms with van der Waals surface area (Å²) in [6.45, 7) is 7.78. The number of carbonyl (C=O) groups excluding carboxylic acids is 2. The molecule has 3 heterocycles. The molecule has 0 bridgehead atoms. The molecule has 1 fully saturated rings. The lowest BCUT2D eigenvalue weighted by atomic mass is 9.94. The monoisotopic (exact) mass is 422 g/mol. The molecule has 9 heteroatoms. The molecule has 1 aliphatic rings. The standard InChI is InChI=1S/C20H27ClN4O4/c1-20(2,3)29-19(27)24-8-5-13(6-9-24)7-10-25-12-23-16-15(21)14(18(26)28-4)11-22-17(16)25/h11-13H,5-10H2,1-4H3. The van der Waals surface area contributed by atoms with E-state index >= 15 is 0 Å². The van der Waals surface area contributed by atoms with Crippen LogP contribution in [-0.2, 0) is 16.0 Å². The predicted molar refractivity (Wildman–Crippen MR) is 109 cm³/mol. The Morgan fingerprint density at radius 3 is 2.55 bits per heavy atom. The zero-order valence-electron chi connectivity index (χ0n) is 17.3. The van der Waals surface area contributed by atoms with Gasteiger partial charge in [-0.2, -0.15) is 0 Å². The minimum absolute atomic E-state index is 0.210. The average Bonchev–Trinajstić information content (AvgIpc) is 3.09. The molecule has 0 aromatic carbocycles. The van der Waals surface area contributed by atoms with E-state index in [1.54, 1.807) is 11.2 Å². The van der Waals surface area contributed by atoms with Gasteiger partial charge in [0.15, 0.2) is 5.65 Å². The van der Waals surface area contributed by atoms with Crippen molar-refractivity contribution in [2.75, 3.05) is 20.2 Å². The van der Waals surface area contributed by atoms with Gasteiger partial charge < -0.3 is 18.9 Å². The molecule has 0 saturated carbocycles. The lowest BCUT2D eigenvalue weighted by Gasteiger charge is -2.33. The van der Waals surface area contributed by atoms with E-state index < -0.39 is 11.6 Å². The second-order valence-electron chi connectivity index (χ2n) is 8.29. The molecule has 2 aromatic rings. The SMILES string of the molecule is COC(=O)c1cnc2c(ncn2CCC2CCN(C(=O)OC(C)(C)C)CC2)c1Cl. The molecule has 2 aromatic heterocycles. The van der Waals surface area contributed by atoms with Crippen molar-refractivity contribution in [3.8, 4) is 0 Å². The molecular formula is C20H27ClN4O4. The first-order valence-corrected chi connectivity index (χ1v) is 10.1. The van der Waals surface area contributed by atoms with Crippen LogP contribution in [0.3, 0.4) is 0 Å². The number of ether oxygens (including phenoxy) is 2. The topological polar surface area (TPSA) is 86.5 Å². The lowest BCUT2D eigenvalue weighted by molar-refractivity contribution is 0.0180. The van der Waals surface area contributed by atoms with Crippen LogP contribution in [0.4, 0.5) is 4.79 Å². The van der Waals surface area contributed by atoms with Crippen LogP contribution < -0.4 is 0 Å². The molecule has 3 rings (SSSR count). The second kappa shape index (κ2) is 8.57. The van der Waals surface area contributed by atoms with Crippen LogP contribution in [0.25, 0.3) is 11.2 Å². The van der Waals surface area contributed by atoms with Gasteiger partial charge in [-0.3, -0.25) is 0 Å². The Bertz CT molecular complexity index is 898. The molecule has 0 aliphatic carbocycles. The van der Waals surface area contributed by atoms with Gasteiger partial charge in [0.25, 0.3) is 0 Å². The zero-order chi connectivity index (χ0) is 21.2. The van der Waals surface area contributed by atoms with Gasteiger partial charge in [0.1, 0.15) is 11.1 Å². The van der Waals surface area contributed by atoms with E-state index in [4.69, 9.17) is 21.1 Å². The number of pyridine rings is 1. The van der Waals surface area contributed by atoms with E-state index in [0.717, 1.165) is 25.8 Å². The van der Waals surface area contributed by atoms with Crippen LogP contribution in [-0.4, -0.2) is 57.3 Å². The third kappa shape index (κ3) is 4.98. The van der Waals surface area contributed by atoms with Gasteiger partial charge in [-0.1, -0.05) is 11.6 Å². The summed E-state index contributed by atoms with van der Waals surface area (Å²) >= 11 is 6.30. The minimum Gasteiger partial charge on any atom is -0.465 e.